The average Bonchev–Trinajstić information content (AvgIpc) is 2.18. The fourth-order valence-electron chi connectivity index (χ4n) is 0.932. The summed E-state index contributed by atoms with van der Waals surface area (Å²) in [6.45, 7) is -0.291. The zero-order valence-corrected chi connectivity index (χ0v) is 7.10. The van der Waals surface area contributed by atoms with Gasteiger partial charge in [-0.05, 0) is 0 Å². The molecule has 4 heteroatoms. The number of carbonyl (C=O) groups is 1. The topological polar surface area (TPSA) is 89.3 Å². The molecule has 70 valence electrons. The highest BCUT2D eigenvalue weighted by Crippen LogP contribution is 2.07. The van der Waals surface area contributed by atoms with E-state index in [1.54, 1.807) is 30.3 Å². The molecule has 1 unspecified atom stereocenters. The van der Waals surface area contributed by atoms with Gasteiger partial charge in [0.25, 0.3) is 0 Å². The first-order valence-electron chi connectivity index (χ1n) is 3.89. The van der Waals surface area contributed by atoms with Crippen LogP contribution in [-0.4, -0.2) is 23.2 Å². The largest absolute Gasteiger partial charge is 0.368 e. The van der Waals surface area contributed by atoms with Gasteiger partial charge < -0.3 is 10.8 Å². The predicted molar refractivity (Wildman–Crippen MR) is 49.0 cm³/mol. The van der Waals surface area contributed by atoms with Crippen molar-refractivity contribution in [1.29, 1.82) is 0 Å². The zero-order valence-electron chi connectivity index (χ0n) is 7.10. The van der Waals surface area contributed by atoms with E-state index in [1.807, 2.05) is 0 Å². The SMILES string of the molecule is NCC(N)(O)C(=O)c1ccccc1. The molecule has 1 aromatic carbocycles. The molecule has 0 radical (unpaired) electrons. The second-order valence-corrected chi connectivity index (χ2v) is 2.82. The maximum atomic E-state index is 11.4. The molecule has 0 saturated carbocycles. The lowest BCUT2D eigenvalue weighted by atomic mass is 10.0. The summed E-state index contributed by atoms with van der Waals surface area (Å²) in [5.41, 5.74) is 8.82. The molecular formula is C9H12N2O2. The number of nitrogens with two attached hydrogens (primary N) is 2. The molecule has 0 aliphatic rings. The van der Waals surface area contributed by atoms with E-state index in [9.17, 15) is 9.90 Å². The summed E-state index contributed by atoms with van der Waals surface area (Å²) in [4.78, 5) is 11.4. The predicted octanol–water partition coefficient (Wildman–Crippen LogP) is -0.525. The van der Waals surface area contributed by atoms with E-state index in [0.29, 0.717) is 5.56 Å². The highest BCUT2D eigenvalue weighted by atomic mass is 16.3. The van der Waals surface area contributed by atoms with E-state index < -0.39 is 11.5 Å². The van der Waals surface area contributed by atoms with Crippen LogP contribution in [0.25, 0.3) is 0 Å². The van der Waals surface area contributed by atoms with Crippen LogP contribution in [0.5, 0.6) is 0 Å². The first-order valence-corrected chi connectivity index (χ1v) is 3.89. The number of Topliss-reactive ketones (excluding diaryl/α,β-unsaturated/α-hetero) is 1. The van der Waals surface area contributed by atoms with E-state index >= 15 is 0 Å². The van der Waals surface area contributed by atoms with E-state index in [1.165, 1.54) is 0 Å². The maximum Gasteiger partial charge on any atom is 0.210 e. The van der Waals surface area contributed by atoms with E-state index in [0.717, 1.165) is 0 Å². The molecule has 0 fully saturated rings. The highest BCUT2D eigenvalue weighted by Gasteiger charge is 2.29. The van der Waals surface area contributed by atoms with Gasteiger partial charge in [-0.2, -0.15) is 0 Å². The van der Waals surface area contributed by atoms with Gasteiger partial charge in [0.2, 0.25) is 5.78 Å². The molecular weight excluding hydrogens is 168 g/mol. The van der Waals surface area contributed by atoms with Gasteiger partial charge in [0.05, 0.1) is 0 Å². The Balaban J connectivity index is 2.93. The Hall–Kier alpha value is -1.23. The molecule has 0 amide bonds. The quantitative estimate of drug-likeness (QED) is 0.431. The lowest BCUT2D eigenvalue weighted by molar-refractivity contribution is 0.0391. The fourth-order valence-corrected chi connectivity index (χ4v) is 0.932. The average molecular weight is 180 g/mol. The fraction of sp³-hybridized carbons (Fsp3) is 0.222. The minimum Gasteiger partial charge on any atom is -0.368 e. The second kappa shape index (κ2) is 3.66. The molecule has 0 aromatic heterocycles. The van der Waals surface area contributed by atoms with Gasteiger partial charge in [-0.15, -0.1) is 0 Å². The Morgan fingerprint density at radius 3 is 2.38 bits per heavy atom. The van der Waals surface area contributed by atoms with Crippen molar-refractivity contribution in [3.63, 3.8) is 0 Å². The molecule has 0 saturated heterocycles. The molecule has 0 spiro atoms. The Morgan fingerprint density at radius 1 is 1.38 bits per heavy atom. The summed E-state index contributed by atoms with van der Waals surface area (Å²) >= 11 is 0. The van der Waals surface area contributed by atoms with Crippen molar-refractivity contribution >= 4 is 5.78 Å². The normalized spacial score (nSPS) is 15.0. The van der Waals surface area contributed by atoms with Crippen LogP contribution in [0.2, 0.25) is 0 Å². The Labute approximate surface area is 76.2 Å². The summed E-state index contributed by atoms with van der Waals surface area (Å²) in [5, 5.41) is 9.35. The molecule has 0 aliphatic heterocycles. The summed E-state index contributed by atoms with van der Waals surface area (Å²) in [6.07, 6.45) is 0. The van der Waals surface area contributed by atoms with Crippen molar-refractivity contribution in [2.75, 3.05) is 6.54 Å². The first-order chi connectivity index (χ1) is 6.08. The van der Waals surface area contributed by atoms with E-state index in [4.69, 9.17) is 11.5 Å². The van der Waals surface area contributed by atoms with Gasteiger partial charge in [0, 0.05) is 12.1 Å². The van der Waals surface area contributed by atoms with Crippen molar-refractivity contribution in [2.24, 2.45) is 11.5 Å². The Kier molecular flexibility index (Phi) is 2.77. The monoisotopic (exact) mass is 180 g/mol. The minimum absolute atomic E-state index is 0.291. The number of aliphatic hydroxyl groups is 1. The van der Waals surface area contributed by atoms with Gasteiger partial charge in [-0.1, -0.05) is 30.3 Å². The first kappa shape index (κ1) is 9.85. The van der Waals surface area contributed by atoms with Gasteiger partial charge in [0.15, 0.2) is 5.72 Å². The van der Waals surface area contributed by atoms with Crippen LogP contribution >= 0.6 is 0 Å². The third kappa shape index (κ3) is 2.12. The van der Waals surface area contributed by atoms with Gasteiger partial charge in [0.1, 0.15) is 0 Å². The van der Waals surface area contributed by atoms with Crippen LogP contribution in [0.3, 0.4) is 0 Å². The molecule has 0 heterocycles. The summed E-state index contributed by atoms with van der Waals surface area (Å²) in [7, 11) is 0. The molecule has 1 rings (SSSR count). The smallest absolute Gasteiger partial charge is 0.210 e. The number of hydrogen-bond acceptors (Lipinski definition) is 4. The third-order valence-electron chi connectivity index (χ3n) is 1.74. The molecule has 5 N–H and O–H groups in total. The zero-order chi connectivity index (χ0) is 9.90. The third-order valence-corrected chi connectivity index (χ3v) is 1.74. The van der Waals surface area contributed by atoms with Crippen LogP contribution in [0.15, 0.2) is 30.3 Å². The number of carbonyl (C=O) groups excluding carboxylic acids is 1. The molecule has 1 aromatic rings. The van der Waals surface area contributed by atoms with Crippen molar-refractivity contribution in [1.82, 2.24) is 0 Å². The molecule has 0 aliphatic carbocycles. The van der Waals surface area contributed by atoms with Gasteiger partial charge >= 0.3 is 0 Å². The van der Waals surface area contributed by atoms with Gasteiger partial charge in [-0.3, -0.25) is 10.5 Å². The van der Waals surface area contributed by atoms with E-state index in [-0.39, 0.29) is 6.54 Å². The van der Waals surface area contributed by atoms with Crippen molar-refractivity contribution in [2.45, 2.75) is 5.72 Å². The molecule has 13 heavy (non-hydrogen) atoms. The van der Waals surface area contributed by atoms with Crippen LogP contribution in [-0.2, 0) is 0 Å². The molecule has 4 nitrogen and oxygen atoms in total. The number of benzene rings is 1. The standard InChI is InChI=1S/C9H12N2O2/c10-6-9(11,13)8(12)7-4-2-1-3-5-7/h1-5,13H,6,10-11H2. The van der Waals surface area contributed by atoms with Crippen LogP contribution in [0.4, 0.5) is 0 Å². The van der Waals surface area contributed by atoms with E-state index in [2.05, 4.69) is 0 Å². The minimum atomic E-state index is -1.96. The lowest BCUT2D eigenvalue weighted by Gasteiger charge is -2.18. The van der Waals surface area contributed by atoms with Crippen molar-refractivity contribution in [3.8, 4) is 0 Å². The maximum absolute atomic E-state index is 11.4. The Bertz CT molecular complexity index is 296. The molecule has 1 atom stereocenters. The van der Waals surface area contributed by atoms with Gasteiger partial charge in [-0.25, -0.2) is 0 Å². The lowest BCUT2D eigenvalue weighted by Crippen LogP contribution is -2.53. The molecule has 0 bridgehead atoms. The number of rotatable bonds is 3. The van der Waals surface area contributed by atoms with Crippen molar-refractivity contribution < 1.29 is 9.90 Å². The van der Waals surface area contributed by atoms with Crippen molar-refractivity contribution in [3.05, 3.63) is 35.9 Å². The van der Waals surface area contributed by atoms with Crippen LogP contribution in [0, 0.1) is 0 Å². The Morgan fingerprint density at radius 2 is 1.92 bits per heavy atom. The number of ketones is 1. The second-order valence-electron chi connectivity index (χ2n) is 2.82. The summed E-state index contributed by atoms with van der Waals surface area (Å²) in [5.74, 6) is -0.560. The number of hydrogen-bond donors (Lipinski definition) is 3. The van der Waals surface area contributed by atoms with Crippen LogP contribution in [0.1, 0.15) is 10.4 Å². The highest BCUT2D eigenvalue weighted by molar-refractivity contribution is 6.01. The summed E-state index contributed by atoms with van der Waals surface area (Å²) in [6, 6.07) is 8.32. The summed E-state index contributed by atoms with van der Waals surface area (Å²) < 4.78 is 0. The van der Waals surface area contributed by atoms with Crippen LogP contribution < -0.4 is 11.5 Å².